The van der Waals surface area contributed by atoms with Crippen molar-refractivity contribution < 1.29 is 33.0 Å². The number of hydrogen-bond donors (Lipinski definition) is 0. The molecule has 1 unspecified atom stereocenters. The van der Waals surface area contributed by atoms with Crippen molar-refractivity contribution in [2.24, 2.45) is 0 Å². The topological polar surface area (TPSA) is 85.4 Å². The smallest absolute Gasteiger partial charge is 0.346 e. The lowest BCUT2D eigenvalue weighted by atomic mass is 10.2. The fraction of sp³-hybridized carbons (Fsp3) is 0.348. The van der Waals surface area contributed by atoms with E-state index in [9.17, 15) is 18.8 Å². The third-order valence-corrected chi connectivity index (χ3v) is 5.27. The van der Waals surface area contributed by atoms with Gasteiger partial charge >= 0.3 is 12.0 Å². The molecule has 0 radical (unpaired) electrons. The normalized spacial score (nSPS) is 14.6. The minimum Gasteiger partial charge on any atom is -0.489 e. The second-order valence-corrected chi connectivity index (χ2v) is 8.11. The lowest BCUT2D eigenvalue weighted by Crippen LogP contribution is -2.36. The highest BCUT2D eigenvalue weighted by Crippen LogP contribution is 2.30. The number of esters is 1. The molecular formula is C23H24ClFN2O6. The molecule has 176 valence electrons. The first-order chi connectivity index (χ1) is 15.6. The largest absolute Gasteiger partial charge is 0.489 e. The molecule has 0 spiro atoms. The maximum absolute atomic E-state index is 14.8. The first-order valence-corrected chi connectivity index (χ1v) is 10.6. The van der Waals surface area contributed by atoms with E-state index in [0.717, 1.165) is 11.0 Å². The van der Waals surface area contributed by atoms with E-state index < -0.39 is 29.8 Å². The number of carbonyl (C=O) groups is 3. The number of amides is 3. The van der Waals surface area contributed by atoms with Gasteiger partial charge in [-0.15, -0.1) is 0 Å². The van der Waals surface area contributed by atoms with Gasteiger partial charge in [-0.2, -0.15) is 0 Å². The van der Waals surface area contributed by atoms with Crippen molar-refractivity contribution in [3.63, 3.8) is 0 Å². The second kappa shape index (κ2) is 10.1. The van der Waals surface area contributed by atoms with Crippen LogP contribution in [0.15, 0.2) is 36.4 Å². The van der Waals surface area contributed by atoms with Crippen molar-refractivity contribution in [3.8, 4) is 11.5 Å². The third-order valence-electron chi connectivity index (χ3n) is 5.04. The minimum absolute atomic E-state index is 0.0120. The summed E-state index contributed by atoms with van der Waals surface area (Å²) in [5, 5.41) is 0.400. The highest BCUT2D eigenvalue weighted by molar-refractivity contribution is 6.30. The minimum atomic E-state index is -0.870. The van der Waals surface area contributed by atoms with Crippen LogP contribution in [0.2, 0.25) is 5.02 Å². The van der Waals surface area contributed by atoms with E-state index in [1.807, 2.05) is 0 Å². The van der Waals surface area contributed by atoms with Crippen LogP contribution in [0, 0.1) is 5.82 Å². The average Bonchev–Trinajstić information content (AvgIpc) is 3.07. The van der Waals surface area contributed by atoms with E-state index >= 15 is 0 Å². The molecule has 3 amide bonds. The number of methoxy groups -OCH3 is 1. The van der Waals surface area contributed by atoms with Crippen LogP contribution in [0.25, 0.3) is 0 Å². The number of hydrogen-bond acceptors (Lipinski definition) is 6. The Hall–Kier alpha value is -3.33. The van der Waals surface area contributed by atoms with Crippen LogP contribution >= 0.6 is 11.6 Å². The van der Waals surface area contributed by atoms with Crippen LogP contribution in [-0.4, -0.2) is 48.6 Å². The van der Waals surface area contributed by atoms with E-state index in [-0.39, 0.29) is 30.6 Å². The fourth-order valence-corrected chi connectivity index (χ4v) is 3.40. The first kappa shape index (κ1) is 24.3. The molecule has 1 aliphatic rings. The molecule has 1 saturated heterocycles. The maximum atomic E-state index is 14.8. The Balaban J connectivity index is 1.75. The molecule has 3 rings (SSSR count). The zero-order chi connectivity index (χ0) is 24.3. The molecule has 1 fully saturated rings. The van der Waals surface area contributed by atoms with Gasteiger partial charge in [0.25, 0.3) is 5.91 Å². The number of ether oxygens (including phenoxy) is 3. The average molecular weight is 479 g/mol. The third kappa shape index (κ3) is 5.36. The number of rotatable bonds is 8. The van der Waals surface area contributed by atoms with Gasteiger partial charge in [-0.3, -0.25) is 4.79 Å². The molecular weight excluding hydrogens is 455 g/mol. The Labute approximate surface area is 195 Å². The Bertz CT molecular complexity index is 1080. The summed E-state index contributed by atoms with van der Waals surface area (Å²) in [6.07, 6.45) is -0.870. The van der Waals surface area contributed by atoms with Gasteiger partial charge in [-0.05, 0) is 45.0 Å². The highest BCUT2D eigenvalue weighted by Gasteiger charge is 2.39. The molecule has 0 saturated carbocycles. The number of imide groups is 1. The van der Waals surface area contributed by atoms with Crippen molar-refractivity contribution in [2.45, 2.75) is 39.5 Å². The van der Waals surface area contributed by atoms with Crippen LogP contribution in [-0.2, 0) is 20.9 Å². The zero-order valence-electron chi connectivity index (χ0n) is 18.6. The lowest BCUT2D eigenvalue weighted by Gasteiger charge is -2.20. The second-order valence-electron chi connectivity index (χ2n) is 7.67. The van der Waals surface area contributed by atoms with Crippen LogP contribution in [0.1, 0.15) is 26.3 Å². The highest BCUT2D eigenvalue weighted by atomic mass is 35.5. The number of nitrogens with zero attached hydrogens (tertiary/aromatic N) is 2. The molecule has 1 aliphatic heterocycles. The Kier molecular flexibility index (Phi) is 7.43. The first-order valence-electron chi connectivity index (χ1n) is 10.2. The summed E-state index contributed by atoms with van der Waals surface area (Å²) < 4.78 is 30.8. The molecule has 0 N–H and O–H groups in total. The number of urea groups is 1. The Morgan fingerprint density at radius 2 is 1.88 bits per heavy atom. The molecule has 10 heteroatoms. The van der Waals surface area contributed by atoms with E-state index in [1.165, 1.54) is 37.1 Å². The number of benzene rings is 2. The van der Waals surface area contributed by atoms with Gasteiger partial charge in [0.15, 0.2) is 11.9 Å². The van der Waals surface area contributed by atoms with Crippen LogP contribution in [0.4, 0.5) is 14.9 Å². The molecule has 0 aromatic heterocycles. The number of carbonyl (C=O) groups excluding carboxylic acids is 3. The molecule has 1 atom stereocenters. The molecule has 2 aromatic rings. The van der Waals surface area contributed by atoms with Gasteiger partial charge in [-0.25, -0.2) is 18.9 Å². The summed E-state index contributed by atoms with van der Waals surface area (Å²) in [6.45, 7) is 4.98. The summed E-state index contributed by atoms with van der Waals surface area (Å²) in [5.74, 6) is -1.32. The summed E-state index contributed by atoms with van der Waals surface area (Å²) >= 11 is 6.03. The van der Waals surface area contributed by atoms with Gasteiger partial charge in [0.2, 0.25) is 0 Å². The Morgan fingerprint density at radius 1 is 1.15 bits per heavy atom. The Morgan fingerprint density at radius 3 is 2.48 bits per heavy atom. The van der Waals surface area contributed by atoms with Gasteiger partial charge in [-0.1, -0.05) is 17.7 Å². The monoisotopic (exact) mass is 478 g/mol. The quantitative estimate of drug-likeness (QED) is 0.418. The van der Waals surface area contributed by atoms with E-state index in [0.29, 0.717) is 16.3 Å². The van der Waals surface area contributed by atoms with E-state index in [4.69, 9.17) is 21.1 Å². The predicted octanol–water partition coefficient (Wildman–Crippen LogP) is 4.18. The lowest BCUT2D eigenvalue weighted by molar-refractivity contribution is -0.147. The van der Waals surface area contributed by atoms with Gasteiger partial charge in [0.1, 0.15) is 24.7 Å². The number of halogens is 2. The van der Waals surface area contributed by atoms with Crippen molar-refractivity contribution >= 4 is 35.2 Å². The van der Waals surface area contributed by atoms with Gasteiger partial charge < -0.3 is 19.1 Å². The summed E-state index contributed by atoms with van der Waals surface area (Å²) in [6, 6.07) is 7.96. The van der Waals surface area contributed by atoms with Crippen molar-refractivity contribution in [1.29, 1.82) is 0 Å². The maximum Gasteiger partial charge on any atom is 0.346 e. The van der Waals surface area contributed by atoms with Crippen molar-refractivity contribution in [3.05, 3.63) is 52.8 Å². The molecule has 2 aromatic carbocycles. The number of anilines is 1. The van der Waals surface area contributed by atoms with Gasteiger partial charge in [0, 0.05) is 22.7 Å². The zero-order valence-corrected chi connectivity index (χ0v) is 19.4. The van der Waals surface area contributed by atoms with Crippen molar-refractivity contribution in [2.75, 3.05) is 18.6 Å². The fourth-order valence-electron chi connectivity index (χ4n) is 3.24. The summed E-state index contributed by atoms with van der Waals surface area (Å²) in [4.78, 5) is 38.6. The summed E-state index contributed by atoms with van der Waals surface area (Å²) in [5.41, 5.74) is 0.431. The molecule has 8 nitrogen and oxygen atoms in total. The van der Waals surface area contributed by atoms with Crippen molar-refractivity contribution in [1.82, 2.24) is 4.90 Å². The molecule has 1 heterocycles. The molecule has 33 heavy (non-hydrogen) atoms. The van der Waals surface area contributed by atoms with Crippen LogP contribution in [0.5, 0.6) is 11.5 Å². The molecule has 0 bridgehead atoms. The summed E-state index contributed by atoms with van der Waals surface area (Å²) in [7, 11) is 1.26. The van der Waals surface area contributed by atoms with E-state index in [1.54, 1.807) is 26.0 Å². The van der Waals surface area contributed by atoms with E-state index in [2.05, 4.69) is 4.74 Å². The van der Waals surface area contributed by atoms with Gasteiger partial charge in [0.05, 0.1) is 12.8 Å². The predicted molar refractivity (Wildman–Crippen MR) is 119 cm³/mol. The standard InChI is InChI=1S/C23H24ClFN2O6/c1-13(2)26-11-21(28)27(23(26)30)19-8-7-17(10-18(19)25)32-12-15-5-6-16(24)9-20(15)33-14(3)22(29)31-4/h5-10,13-14H,11-12H2,1-4H3. The SMILES string of the molecule is COC(=O)C(C)Oc1cc(Cl)ccc1COc1ccc(N2C(=O)CN(C(C)C)C2=O)c(F)c1. The van der Waals surface area contributed by atoms with Crippen LogP contribution in [0.3, 0.4) is 0 Å². The molecule has 0 aliphatic carbocycles. The van der Waals surface area contributed by atoms with Crippen LogP contribution < -0.4 is 14.4 Å².